The Kier molecular flexibility index (Phi) is 6.54. The summed E-state index contributed by atoms with van der Waals surface area (Å²) in [5.41, 5.74) is 2.58. The molecule has 0 aliphatic heterocycles. The highest BCUT2D eigenvalue weighted by molar-refractivity contribution is 9.09. The number of carbonyl (C=O) groups excluding carboxylic acids is 1. The normalized spacial score (nSPS) is 11.4. The highest BCUT2D eigenvalue weighted by Gasteiger charge is 2.07. The molecule has 138 valence electrons. The Balaban J connectivity index is 1.77. The van der Waals surface area contributed by atoms with Gasteiger partial charge in [-0.1, -0.05) is 70.0 Å². The van der Waals surface area contributed by atoms with Crippen LogP contribution in [0.15, 0.2) is 66.2 Å². The highest BCUT2D eigenvalue weighted by atomic mass is 79.9. The zero-order valence-corrected chi connectivity index (χ0v) is 17.1. The van der Waals surface area contributed by atoms with E-state index in [2.05, 4.69) is 15.9 Å². The molecular formula is C22H18BrClO3. The summed E-state index contributed by atoms with van der Waals surface area (Å²) >= 11 is 9.78. The van der Waals surface area contributed by atoms with Crippen LogP contribution < -0.4 is 4.74 Å². The van der Waals surface area contributed by atoms with Gasteiger partial charge in [-0.15, -0.1) is 0 Å². The smallest absolute Gasteiger partial charge is 0.337 e. The van der Waals surface area contributed by atoms with Gasteiger partial charge in [0.2, 0.25) is 0 Å². The van der Waals surface area contributed by atoms with Crippen LogP contribution >= 0.6 is 27.5 Å². The van der Waals surface area contributed by atoms with Crippen LogP contribution in [0.3, 0.4) is 0 Å². The number of esters is 1. The van der Waals surface area contributed by atoms with Gasteiger partial charge in [0.25, 0.3) is 0 Å². The van der Waals surface area contributed by atoms with E-state index in [1.54, 1.807) is 12.1 Å². The van der Waals surface area contributed by atoms with Gasteiger partial charge in [-0.2, -0.15) is 0 Å². The lowest BCUT2D eigenvalue weighted by Crippen LogP contribution is -2.03. The summed E-state index contributed by atoms with van der Waals surface area (Å²) in [5.74, 6) is 0.451. The van der Waals surface area contributed by atoms with Crippen LogP contribution in [0.4, 0.5) is 0 Å². The fraction of sp³-hybridized carbons (Fsp3) is 0.136. The molecule has 0 spiro atoms. The van der Waals surface area contributed by atoms with Gasteiger partial charge in [0.1, 0.15) is 12.4 Å². The van der Waals surface area contributed by atoms with E-state index >= 15 is 0 Å². The van der Waals surface area contributed by atoms with Crippen LogP contribution in [0.1, 0.15) is 15.9 Å². The summed E-state index contributed by atoms with van der Waals surface area (Å²) in [6.45, 7) is 0.440. The Hall–Kier alpha value is -2.30. The first-order chi connectivity index (χ1) is 13.1. The van der Waals surface area contributed by atoms with Crippen molar-refractivity contribution >= 4 is 50.3 Å². The second-order valence-corrected chi connectivity index (χ2v) is 6.90. The van der Waals surface area contributed by atoms with Crippen molar-refractivity contribution < 1.29 is 14.3 Å². The molecule has 3 nitrogen and oxygen atoms in total. The van der Waals surface area contributed by atoms with Crippen molar-refractivity contribution in [2.45, 2.75) is 0 Å². The molecule has 3 aromatic rings. The lowest BCUT2D eigenvalue weighted by atomic mass is 10.1. The summed E-state index contributed by atoms with van der Waals surface area (Å²) in [6.07, 6.45) is 2.04. The van der Waals surface area contributed by atoms with Crippen LogP contribution in [-0.4, -0.2) is 25.0 Å². The Labute approximate surface area is 171 Å². The van der Waals surface area contributed by atoms with E-state index in [9.17, 15) is 4.79 Å². The van der Waals surface area contributed by atoms with Gasteiger partial charge in [-0.3, -0.25) is 0 Å². The maximum Gasteiger partial charge on any atom is 0.337 e. The molecule has 0 amide bonds. The molecule has 0 aromatic heterocycles. The summed E-state index contributed by atoms with van der Waals surface area (Å²) in [6, 6.07) is 18.9. The van der Waals surface area contributed by atoms with Gasteiger partial charge in [-0.05, 0) is 35.4 Å². The van der Waals surface area contributed by atoms with Gasteiger partial charge in [0.15, 0.2) is 0 Å². The fourth-order valence-electron chi connectivity index (χ4n) is 2.72. The van der Waals surface area contributed by atoms with Crippen molar-refractivity contribution in [2.24, 2.45) is 0 Å². The first-order valence-electron chi connectivity index (χ1n) is 8.36. The van der Waals surface area contributed by atoms with Crippen molar-refractivity contribution in [1.82, 2.24) is 0 Å². The molecule has 0 atom stereocenters. The number of halogens is 2. The van der Waals surface area contributed by atoms with E-state index in [1.807, 2.05) is 54.6 Å². The SMILES string of the molecule is COC(=O)c1ccc(C=C(CBr)COc2ccc(Cl)c3ccccc23)cc1. The van der Waals surface area contributed by atoms with Crippen LogP contribution in [0.2, 0.25) is 5.02 Å². The van der Waals surface area contributed by atoms with Crippen molar-refractivity contribution in [3.8, 4) is 5.75 Å². The third-order valence-electron chi connectivity index (χ3n) is 4.12. The maximum atomic E-state index is 11.5. The van der Waals surface area contributed by atoms with Gasteiger partial charge in [-0.25, -0.2) is 4.79 Å². The minimum Gasteiger partial charge on any atom is -0.489 e. The number of hydrogen-bond acceptors (Lipinski definition) is 3. The second kappa shape index (κ2) is 9.07. The van der Waals surface area contributed by atoms with E-state index < -0.39 is 0 Å². The van der Waals surface area contributed by atoms with Crippen LogP contribution in [0.25, 0.3) is 16.8 Å². The number of hydrogen-bond donors (Lipinski definition) is 0. The minimum atomic E-state index is -0.343. The molecule has 0 saturated carbocycles. The second-order valence-electron chi connectivity index (χ2n) is 5.93. The van der Waals surface area contributed by atoms with Gasteiger partial charge in [0, 0.05) is 21.1 Å². The molecule has 3 aromatic carbocycles. The maximum absolute atomic E-state index is 11.5. The third-order valence-corrected chi connectivity index (χ3v) is 5.17. The predicted octanol–water partition coefficient (Wildman–Crippen LogP) is 6.14. The van der Waals surface area contributed by atoms with Crippen LogP contribution in [0, 0.1) is 0 Å². The first kappa shape index (κ1) is 19.5. The Morgan fingerprint density at radius 3 is 2.41 bits per heavy atom. The molecule has 5 heteroatoms. The average molecular weight is 446 g/mol. The Bertz CT molecular complexity index is 981. The molecule has 0 aliphatic carbocycles. The number of fused-ring (bicyclic) bond motifs is 1. The number of alkyl halides is 1. The number of rotatable bonds is 6. The Morgan fingerprint density at radius 1 is 1.04 bits per heavy atom. The molecule has 0 radical (unpaired) electrons. The molecule has 0 unspecified atom stereocenters. The van der Waals surface area contributed by atoms with Crippen LogP contribution in [0.5, 0.6) is 5.75 Å². The molecular weight excluding hydrogens is 428 g/mol. The quantitative estimate of drug-likeness (QED) is 0.338. The predicted molar refractivity (Wildman–Crippen MR) is 114 cm³/mol. The lowest BCUT2D eigenvalue weighted by molar-refractivity contribution is 0.0600. The van der Waals surface area contributed by atoms with Gasteiger partial charge in [0.05, 0.1) is 12.7 Å². The molecule has 0 aliphatic rings. The van der Waals surface area contributed by atoms with E-state index in [1.165, 1.54) is 7.11 Å². The largest absolute Gasteiger partial charge is 0.489 e. The van der Waals surface area contributed by atoms with Gasteiger partial charge >= 0.3 is 5.97 Å². The number of carbonyl (C=O) groups is 1. The molecule has 0 N–H and O–H groups in total. The van der Waals surface area contributed by atoms with Crippen molar-refractivity contribution in [3.05, 3.63) is 82.4 Å². The molecule has 0 saturated heterocycles. The number of methoxy groups -OCH3 is 1. The van der Waals surface area contributed by atoms with Crippen LogP contribution in [-0.2, 0) is 4.74 Å². The lowest BCUT2D eigenvalue weighted by Gasteiger charge is -2.12. The molecule has 0 fully saturated rings. The van der Waals surface area contributed by atoms with E-state index in [0.717, 1.165) is 27.7 Å². The molecule has 3 rings (SSSR count). The Morgan fingerprint density at radius 2 is 1.74 bits per heavy atom. The highest BCUT2D eigenvalue weighted by Crippen LogP contribution is 2.31. The zero-order chi connectivity index (χ0) is 19.2. The minimum absolute atomic E-state index is 0.343. The van der Waals surface area contributed by atoms with Crippen molar-refractivity contribution in [2.75, 3.05) is 19.0 Å². The molecule has 0 heterocycles. The van der Waals surface area contributed by atoms with E-state index in [0.29, 0.717) is 22.5 Å². The first-order valence-corrected chi connectivity index (χ1v) is 9.86. The summed E-state index contributed by atoms with van der Waals surface area (Å²) in [4.78, 5) is 11.5. The summed E-state index contributed by atoms with van der Waals surface area (Å²) in [7, 11) is 1.37. The average Bonchev–Trinajstić information content (AvgIpc) is 2.72. The van der Waals surface area contributed by atoms with Gasteiger partial charge < -0.3 is 9.47 Å². The third kappa shape index (κ3) is 4.71. The summed E-state index contributed by atoms with van der Waals surface area (Å²) < 4.78 is 10.8. The topological polar surface area (TPSA) is 35.5 Å². The standard InChI is InChI=1S/C22H18BrClO3/c1-26-22(25)17-8-6-15(7-9-17)12-16(13-23)14-27-21-11-10-20(24)18-4-2-3-5-19(18)21/h2-12H,13-14H2,1H3. The monoisotopic (exact) mass is 444 g/mol. The molecule has 27 heavy (non-hydrogen) atoms. The van der Waals surface area contributed by atoms with Crippen molar-refractivity contribution in [1.29, 1.82) is 0 Å². The molecule has 0 bridgehead atoms. The van der Waals surface area contributed by atoms with Crippen molar-refractivity contribution in [3.63, 3.8) is 0 Å². The zero-order valence-electron chi connectivity index (χ0n) is 14.7. The number of benzene rings is 3. The van der Waals surface area contributed by atoms with E-state index in [-0.39, 0.29) is 5.97 Å². The summed E-state index contributed by atoms with van der Waals surface area (Å²) in [5, 5.41) is 3.35. The van der Waals surface area contributed by atoms with E-state index in [4.69, 9.17) is 21.1 Å². The number of ether oxygens (including phenoxy) is 2. The fourth-order valence-corrected chi connectivity index (χ4v) is 3.27.